The van der Waals surface area contributed by atoms with Crippen molar-refractivity contribution in [2.75, 3.05) is 0 Å². The molecule has 0 bridgehead atoms. The molecule has 0 atom stereocenters. The van der Waals surface area contributed by atoms with Crippen LogP contribution in [0.4, 0.5) is 0 Å². The summed E-state index contributed by atoms with van der Waals surface area (Å²) in [5, 5.41) is 19.4. The summed E-state index contributed by atoms with van der Waals surface area (Å²) in [6, 6.07) is 16.8. The van der Waals surface area contributed by atoms with Crippen LogP contribution in [0.25, 0.3) is 22.5 Å². The molecule has 0 amide bonds. The number of aromatic nitrogens is 3. The Morgan fingerprint density at radius 3 is 2.32 bits per heavy atom. The summed E-state index contributed by atoms with van der Waals surface area (Å²) >= 11 is 0. The molecule has 3 rings (SSSR count). The van der Waals surface area contributed by atoms with Crippen molar-refractivity contribution in [2.24, 2.45) is 0 Å². The third-order valence-electron chi connectivity index (χ3n) is 2.77. The Kier molecular flexibility index (Phi) is 2.90. The molecular weight excluding hydrogens is 238 g/mol. The molecule has 0 aliphatic carbocycles. The maximum atomic E-state index is 11.8. The molecule has 3 aromatic rings. The lowest BCUT2D eigenvalue weighted by atomic mass is 10.1. The van der Waals surface area contributed by atoms with Crippen LogP contribution in [-0.4, -0.2) is 15.2 Å². The molecule has 1 aromatic carbocycles. The molecule has 0 N–H and O–H groups in total. The van der Waals surface area contributed by atoms with Crippen LogP contribution in [0.2, 0.25) is 0 Å². The topological polar surface area (TPSA) is 61.7 Å². The molecule has 0 saturated carbocycles. The second kappa shape index (κ2) is 4.86. The summed E-state index contributed by atoms with van der Waals surface area (Å²) in [6.45, 7) is 0. The molecule has 19 heavy (non-hydrogen) atoms. The van der Waals surface area contributed by atoms with Gasteiger partial charge in [0.2, 0.25) is 0 Å². The van der Waals surface area contributed by atoms with E-state index in [-0.39, 0.29) is 5.88 Å². The highest BCUT2D eigenvalue weighted by Crippen LogP contribution is 2.26. The van der Waals surface area contributed by atoms with Crippen molar-refractivity contribution < 1.29 is 5.11 Å². The highest BCUT2D eigenvalue weighted by molar-refractivity contribution is 5.70. The molecule has 2 aromatic heterocycles. The van der Waals surface area contributed by atoms with Gasteiger partial charge >= 0.3 is 0 Å². The zero-order valence-corrected chi connectivity index (χ0v) is 10.0. The van der Waals surface area contributed by atoms with Gasteiger partial charge in [-0.1, -0.05) is 36.4 Å². The fourth-order valence-electron chi connectivity index (χ4n) is 1.84. The van der Waals surface area contributed by atoms with E-state index in [9.17, 15) is 5.11 Å². The van der Waals surface area contributed by atoms with Gasteiger partial charge in [-0.15, -0.1) is 0 Å². The molecule has 0 unspecified atom stereocenters. The fraction of sp³-hybridized carbons (Fsp3) is 0. The van der Waals surface area contributed by atoms with E-state index < -0.39 is 0 Å². The number of hydrogen-bond acceptors (Lipinski definition) is 4. The molecule has 0 fully saturated rings. The summed E-state index contributed by atoms with van der Waals surface area (Å²) in [4.78, 5) is 4.18. The van der Waals surface area contributed by atoms with Gasteiger partial charge in [0, 0.05) is 23.2 Å². The van der Waals surface area contributed by atoms with Crippen LogP contribution in [0.15, 0.2) is 60.8 Å². The van der Waals surface area contributed by atoms with E-state index >= 15 is 0 Å². The Bertz CT molecular complexity index is 684. The maximum Gasteiger partial charge on any atom is 0.0935 e. The van der Waals surface area contributed by atoms with Gasteiger partial charge in [0.25, 0.3) is 0 Å². The van der Waals surface area contributed by atoms with Gasteiger partial charge in [0.05, 0.1) is 11.4 Å². The van der Waals surface area contributed by atoms with Gasteiger partial charge in [0.15, 0.2) is 0 Å². The second-order valence-corrected chi connectivity index (χ2v) is 4.03. The summed E-state index contributed by atoms with van der Waals surface area (Å²) in [6.07, 6.45) is 1.65. The van der Waals surface area contributed by atoms with Crippen molar-refractivity contribution in [1.82, 2.24) is 15.2 Å². The predicted octanol–water partition coefficient (Wildman–Crippen LogP) is 2.28. The van der Waals surface area contributed by atoms with E-state index in [1.165, 1.54) is 0 Å². The number of pyridine rings is 1. The van der Waals surface area contributed by atoms with Gasteiger partial charge in [-0.25, -0.2) is 0 Å². The molecule has 4 heteroatoms. The van der Waals surface area contributed by atoms with Gasteiger partial charge < -0.3 is 5.11 Å². The van der Waals surface area contributed by atoms with Crippen LogP contribution in [0.1, 0.15) is 0 Å². The summed E-state index contributed by atoms with van der Waals surface area (Å²) in [5.74, 6) is -0.363. The monoisotopic (exact) mass is 248 g/mol. The van der Waals surface area contributed by atoms with Crippen molar-refractivity contribution in [3.05, 3.63) is 60.8 Å². The number of benzene rings is 1. The van der Waals surface area contributed by atoms with Crippen molar-refractivity contribution in [3.8, 4) is 28.4 Å². The normalized spacial score (nSPS) is 10.3. The van der Waals surface area contributed by atoms with Crippen molar-refractivity contribution in [3.63, 3.8) is 0 Å². The summed E-state index contributed by atoms with van der Waals surface area (Å²) < 4.78 is 0. The van der Waals surface area contributed by atoms with Gasteiger partial charge in [-0.05, 0) is 18.2 Å². The first kappa shape index (κ1) is 11.3. The quantitative estimate of drug-likeness (QED) is 0.698. The second-order valence-electron chi connectivity index (χ2n) is 4.03. The Hall–Kier alpha value is -2.75. The standard InChI is InChI=1S/C15H11N3O/c19-15-12(13-8-4-5-9-16-13)10-14(17-18-15)11-6-2-1-3-7-11/h1-10H,(H,18,19)/p-1. The molecule has 0 aliphatic heterocycles. The Balaban J connectivity index is 2.12. The number of rotatable bonds is 2. The Labute approximate surface area is 110 Å². The highest BCUT2D eigenvalue weighted by atomic mass is 16.3. The molecular formula is C15H10N3O-. The minimum absolute atomic E-state index is 0.363. The van der Waals surface area contributed by atoms with Gasteiger partial charge in [-0.3, -0.25) is 4.98 Å². The first-order valence-corrected chi connectivity index (χ1v) is 5.86. The average molecular weight is 248 g/mol. The van der Waals surface area contributed by atoms with Gasteiger partial charge in [-0.2, -0.15) is 10.2 Å². The lowest BCUT2D eigenvalue weighted by Crippen LogP contribution is -2.01. The average Bonchev–Trinajstić information content (AvgIpc) is 2.49. The van der Waals surface area contributed by atoms with Crippen LogP contribution in [-0.2, 0) is 0 Å². The zero-order valence-electron chi connectivity index (χ0n) is 10.0. The van der Waals surface area contributed by atoms with Crippen LogP contribution >= 0.6 is 0 Å². The molecule has 4 nitrogen and oxygen atoms in total. The SMILES string of the molecule is [O-]c1nnc(-c2ccccc2)cc1-c1ccccn1. The molecule has 0 saturated heterocycles. The fourth-order valence-corrected chi connectivity index (χ4v) is 1.84. The first-order chi connectivity index (χ1) is 9.34. The van der Waals surface area contributed by atoms with Crippen LogP contribution < -0.4 is 5.11 Å². The number of nitrogens with zero attached hydrogens (tertiary/aromatic N) is 3. The van der Waals surface area contributed by atoms with Crippen molar-refractivity contribution in [2.45, 2.75) is 0 Å². The molecule has 0 aliphatic rings. The summed E-state index contributed by atoms with van der Waals surface area (Å²) in [5.41, 5.74) is 2.67. The zero-order chi connectivity index (χ0) is 13.1. The third kappa shape index (κ3) is 2.28. The van der Waals surface area contributed by atoms with Crippen LogP contribution in [0.3, 0.4) is 0 Å². The number of hydrogen-bond donors (Lipinski definition) is 0. The minimum Gasteiger partial charge on any atom is -0.857 e. The highest BCUT2D eigenvalue weighted by Gasteiger charge is 2.05. The van der Waals surface area contributed by atoms with E-state index in [2.05, 4.69) is 15.2 Å². The third-order valence-corrected chi connectivity index (χ3v) is 2.77. The molecule has 92 valence electrons. The maximum absolute atomic E-state index is 11.8. The van der Waals surface area contributed by atoms with E-state index in [0.29, 0.717) is 17.0 Å². The Morgan fingerprint density at radius 1 is 0.789 bits per heavy atom. The molecule has 0 spiro atoms. The Morgan fingerprint density at radius 2 is 1.58 bits per heavy atom. The van der Waals surface area contributed by atoms with Crippen molar-refractivity contribution >= 4 is 0 Å². The van der Waals surface area contributed by atoms with E-state index in [1.54, 1.807) is 24.4 Å². The van der Waals surface area contributed by atoms with E-state index in [4.69, 9.17) is 0 Å². The first-order valence-electron chi connectivity index (χ1n) is 5.86. The lowest BCUT2D eigenvalue weighted by molar-refractivity contribution is -0.274. The molecule has 0 radical (unpaired) electrons. The van der Waals surface area contributed by atoms with Crippen molar-refractivity contribution in [1.29, 1.82) is 0 Å². The van der Waals surface area contributed by atoms with E-state index in [0.717, 1.165) is 5.56 Å². The van der Waals surface area contributed by atoms with Crippen LogP contribution in [0, 0.1) is 0 Å². The molecule has 2 heterocycles. The summed E-state index contributed by atoms with van der Waals surface area (Å²) in [7, 11) is 0. The predicted molar refractivity (Wildman–Crippen MR) is 70.1 cm³/mol. The van der Waals surface area contributed by atoms with Crippen LogP contribution in [0.5, 0.6) is 5.88 Å². The van der Waals surface area contributed by atoms with E-state index in [1.807, 2.05) is 36.4 Å². The minimum atomic E-state index is -0.363. The van der Waals surface area contributed by atoms with Gasteiger partial charge in [0.1, 0.15) is 0 Å². The lowest BCUT2D eigenvalue weighted by Gasteiger charge is -2.12. The smallest absolute Gasteiger partial charge is 0.0935 e. The largest absolute Gasteiger partial charge is 0.857 e.